The van der Waals surface area contributed by atoms with Crippen LogP contribution >= 0.6 is 0 Å². The van der Waals surface area contributed by atoms with Gasteiger partial charge in [-0.1, -0.05) is 13.2 Å². The molecule has 0 heterocycles. The lowest BCUT2D eigenvalue weighted by Gasteiger charge is -2.43. The topological polar surface area (TPSA) is 15.3 Å². The van der Waals surface area contributed by atoms with Gasteiger partial charge in [0.25, 0.3) is 0 Å². The van der Waals surface area contributed by atoms with E-state index < -0.39 is 0 Å². The lowest BCUT2D eigenvalue weighted by Crippen LogP contribution is -2.42. The second-order valence-corrected chi connectivity index (χ2v) is 4.66. The van der Waals surface area contributed by atoms with Crippen molar-refractivity contribution < 1.29 is 0 Å². The zero-order valence-electron chi connectivity index (χ0n) is 9.86. The molecule has 0 aromatic heterocycles. The van der Waals surface area contributed by atoms with Crippen molar-refractivity contribution in [2.45, 2.75) is 26.3 Å². The minimum absolute atomic E-state index is 0.112. The summed E-state index contributed by atoms with van der Waals surface area (Å²) in [7, 11) is 4.01. The maximum Gasteiger partial charge on any atom is 0.0684 e. The van der Waals surface area contributed by atoms with Gasteiger partial charge in [-0.3, -0.25) is 0 Å². The molecular weight excluding hydrogens is 172 g/mol. The molecule has 78 valence electrons. The summed E-state index contributed by atoms with van der Waals surface area (Å²) in [5.41, 5.74) is 4.49. The SMILES string of the molecule is C=C1C(=C)C(N(C)C(C)(C)C)=C1NC. The number of rotatable bonds is 2. The van der Waals surface area contributed by atoms with Gasteiger partial charge in [0.1, 0.15) is 0 Å². The van der Waals surface area contributed by atoms with Gasteiger partial charge in [-0.25, -0.2) is 0 Å². The summed E-state index contributed by atoms with van der Waals surface area (Å²) in [6, 6.07) is 0. The summed E-state index contributed by atoms with van der Waals surface area (Å²) in [6.07, 6.45) is 0. The molecule has 1 aliphatic carbocycles. The molecule has 0 saturated heterocycles. The van der Waals surface area contributed by atoms with Crippen LogP contribution in [0, 0.1) is 0 Å². The molecule has 2 heteroatoms. The lowest BCUT2D eigenvalue weighted by molar-refractivity contribution is 0.226. The standard InChI is InChI=1S/C12H20N2/c1-8-9(2)11(10(8)13-6)14(7)12(3,4)5/h13H,1-2H2,3-7H3. The van der Waals surface area contributed by atoms with Gasteiger partial charge in [-0.2, -0.15) is 0 Å². The molecular formula is C12H20N2. The Morgan fingerprint density at radius 1 is 1.14 bits per heavy atom. The van der Waals surface area contributed by atoms with Crippen LogP contribution in [0.5, 0.6) is 0 Å². The van der Waals surface area contributed by atoms with Crippen molar-refractivity contribution in [2.24, 2.45) is 0 Å². The fourth-order valence-electron chi connectivity index (χ4n) is 1.50. The maximum absolute atomic E-state index is 4.02. The molecule has 1 aliphatic rings. The van der Waals surface area contributed by atoms with Crippen LogP contribution in [0.2, 0.25) is 0 Å². The third kappa shape index (κ3) is 1.45. The van der Waals surface area contributed by atoms with Crippen LogP contribution < -0.4 is 5.32 Å². The molecule has 0 aliphatic heterocycles. The molecule has 0 aromatic carbocycles. The van der Waals surface area contributed by atoms with E-state index in [9.17, 15) is 0 Å². The number of hydrogen-bond donors (Lipinski definition) is 1. The van der Waals surface area contributed by atoms with E-state index >= 15 is 0 Å². The first kappa shape index (κ1) is 10.9. The summed E-state index contributed by atoms with van der Waals surface area (Å²) in [5.74, 6) is 0. The van der Waals surface area contributed by atoms with Crippen LogP contribution in [-0.2, 0) is 0 Å². The molecule has 0 radical (unpaired) electrons. The Hall–Kier alpha value is -1.18. The zero-order valence-corrected chi connectivity index (χ0v) is 9.86. The minimum Gasteiger partial charge on any atom is -0.386 e. The summed E-state index contributed by atoms with van der Waals surface area (Å²) >= 11 is 0. The number of nitrogens with one attached hydrogen (secondary N) is 1. The molecule has 0 unspecified atom stereocenters. The third-order valence-electron chi connectivity index (χ3n) is 2.78. The highest BCUT2D eigenvalue weighted by molar-refractivity contribution is 5.66. The molecule has 0 amide bonds. The van der Waals surface area contributed by atoms with Gasteiger partial charge in [0, 0.05) is 30.8 Å². The van der Waals surface area contributed by atoms with Crippen LogP contribution in [0.1, 0.15) is 20.8 Å². The molecule has 0 bridgehead atoms. The second kappa shape index (κ2) is 3.19. The highest BCUT2D eigenvalue weighted by Crippen LogP contribution is 2.39. The van der Waals surface area contributed by atoms with Gasteiger partial charge >= 0.3 is 0 Å². The Kier molecular flexibility index (Phi) is 2.49. The molecule has 0 spiro atoms. The van der Waals surface area contributed by atoms with E-state index in [1.54, 1.807) is 0 Å². The first-order valence-corrected chi connectivity index (χ1v) is 4.85. The maximum atomic E-state index is 4.02. The average Bonchev–Trinajstić information content (AvgIpc) is 2.09. The molecule has 0 atom stereocenters. The third-order valence-corrected chi connectivity index (χ3v) is 2.78. The second-order valence-electron chi connectivity index (χ2n) is 4.66. The first-order chi connectivity index (χ1) is 6.30. The molecule has 2 nitrogen and oxygen atoms in total. The van der Waals surface area contributed by atoms with Crippen molar-refractivity contribution in [3.63, 3.8) is 0 Å². The Morgan fingerprint density at radius 3 is 2.00 bits per heavy atom. The molecule has 1 rings (SSSR count). The van der Waals surface area contributed by atoms with E-state index in [0.717, 1.165) is 16.8 Å². The zero-order chi connectivity index (χ0) is 11.1. The Bertz CT molecular complexity index is 316. The predicted molar refractivity (Wildman–Crippen MR) is 61.9 cm³/mol. The normalized spacial score (nSPS) is 16.9. The van der Waals surface area contributed by atoms with Crippen molar-refractivity contribution in [3.8, 4) is 0 Å². The highest BCUT2D eigenvalue weighted by Gasteiger charge is 2.32. The largest absolute Gasteiger partial charge is 0.386 e. The van der Waals surface area contributed by atoms with E-state index in [4.69, 9.17) is 0 Å². The van der Waals surface area contributed by atoms with E-state index in [0.29, 0.717) is 0 Å². The predicted octanol–water partition coefficient (Wildman–Crippen LogP) is 2.27. The average molecular weight is 192 g/mol. The fraction of sp³-hybridized carbons (Fsp3) is 0.500. The Balaban J connectivity index is 3.05. The molecule has 0 saturated carbocycles. The van der Waals surface area contributed by atoms with Gasteiger partial charge in [0.15, 0.2) is 0 Å². The summed E-state index contributed by atoms with van der Waals surface area (Å²) < 4.78 is 0. The minimum atomic E-state index is 0.112. The monoisotopic (exact) mass is 192 g/mol. The van der Waals surface area contributed by atoms with Gasteiger partial charge in [0.05, 0.1) is 11.4 Å². The molecule has 0 aromatic rings. The Morgan fingerprint density at radius 2 is 1.64 bits per heavy atom. The molecule has 1 N–H and O–H groups in total. The number of nitrogens with zero attached hydrogens (tertiary/aromatic N) is 1. The number of hydrogen-bond acceptors (Lipinski definition) is 2. The summed E-state index contributed by atoms with van der Waals surface area (Å²) in [5, 5.41) is 3.16. The first-order valence-electron chi connectivity index (χ1n) is 4.85. The number of allylic oxidation sites excluding steroid dienone is 2. The van der Waals surface area contributed by atoms with Crippen molar-refractivity contribution in [3.05, 3.63) is 35.7 Å². The van der Waals surface area contributed by atoms with Crippen LogP contribution in [0.15, 0.2) is 35.7 Å². The molecule has 14 heavy (non-hydrogen) atoms. The lowest BCUT2D eigenvalue weighted by atomic mass is 9.86. The van der Waals surface area contributed by atoms with Crippen molar-refractivity contribution in [2.75, 3.05) is 14.1 Å². The quantitative estimate of drug-likeness (QED) is 0.722. The van der Waals surface area contributed by atoms with Crippen LogP contribution in [0.3, 0.4) is 0 Å². The van der Waals surface area contributed by atoms with Gasteiger partial charge < -0.3 is 10.2 Å². The summed E-state index contributed by atoms with van der Waals surface area (Å²) in [6.45, 7) is 14.5. The summed E-state index contributed by atoms with van der Waals surface area (Å²) in [4.78, 5) is 2.23. The van der Waals surface area contributed by atoms with Crippen LogP contribution in [-0.4, -0.2) is 24.5 Å². The fourth-order valence-corrected chi connectivity index (χ4v) is 1.50. The van der Waals surface area contributed by atoms with Crippen molar-refractivity contribution >= 4 is 0 Å². The van der Waals surface area contributed by atoms with Gasteiger partial charge in [-0.15, -0.1) is 0 Å². The number of likely N-dealkylation sites (N-methyl/N-ethyl adjacent to an activating group) is 2. The Labute approximate surface area is 87.0 Å². The van der Waals surface area contributed by atoms with E-state index in [1.807, 2.05) is 7.05 Å². The van der Waals surface area contributed by atoms with Crippen LogP contribution in [0.25, 0.3) is 0 Å². The van der Waals surface area contributed by atoms with Crippen molar-refractivity contribution in [1.29, 1.82) is 0 Å². The van der Waals surface area contributed by atoms with Crippen molar-refractivity contribution in [1.82, 2.24) is 10.2 Å². The van der Waals surface area contributed by atoms with Gasteiger partial charge in [0.2, 0.25) is 0 Å². The van der Waals surface area contributed by atoms with Gasteiger partial charge in [-0.05, 0) is 20.8 Å². The van der Waals surface area contributed by atoms with E-state index in [1.165, 1.54) is 5.70 Å². The highest BCUT2D eigenvalue weighted by atomic mass is 15.2. The smallest absolute Gasteiger partial charge is 0.0684 e. The van der Waals surface area contributed by atoms with E-state index in [-0.39, 0.29) is 5.54 Å². The van der Waals surface area contributed by atoms with Crippen LogP contribution in [0.4, 0.5) is 0 Å². The van der Waals surface area contributed by atoms with E-state index in [2.05, 4.69) is 51.2 Å². The molecule has 0 fully saturated rings.